The van der Waals surface area contributed by atoms with Crippen LogP contribution in [0.1, 0.15) is 10.4 Å². The Morgan fingerprint density at radius 3 is 2.85 bits per heavy atom. The molecular formula is C14H19N2O4+. The second kappa shape index (κ2) is 6.11. The lowest BCUT2D eigenvalue weighted by atomic mass is 10.2. The Labute approximate surface area is 117 Å². The van der Waals surface area contributed by atoms with E-state index in [0.717, 1.165) is 32.8 Å². The van der Waals surface area contributed by atoms with Gasteiger partial charge in [-0.25, -0.2) is 0 Å². The van der Waals surface area contributed by atoms with Gasteiger partial charge in [0.2, 0.25) is 6.79 Å². The maximum absolute atomic E-state index is 12.0. The van der Waals surface area contributed by atoms with Gasteiger partial charge in [0.25, 0.3) is 5.91 Å². The smallest absolute Gasteiger partial charge is 0.251 e. The molecule has 2 N–H and O–H groups in total. The minimum absolute atomic E-state index is 0.0732. The van der Waals surface area contributed by atoms with Gasteiger partial charge in [0.15, 0.2) is 11.5 Å². The van der Waals surface area contributed by atoms with Crippen molar-refractivity contribution in [2.75, 3.05) is 46.2 Å². The number of quaternary nitrogens is 1. The Morgan fingerprint density at radius 1 is 1.20 bits per heavy atom. The summed E-state index contributed by atoms with van der Waals surface area (Å²) in [6.45, 7) is 5.47. The van der Waals surface area contributed by atoms with E-state index < -0.39 is 0 Å². The lowest BCUT2D eigenvalue weighted by Crippen LogP contribution is -3.14. The monoisotopic (exact) mass is 279 g/mol. The third-order valence-corrected chi connectivity index (χ3v) is 3.60. The number of carbonyl (C=O) groups is 1. The van der Waals surface area contributed by atoms with Crippen LogP contribution in [-0.4, -0.2) is 52.1 Å². The number of hydrogen-bond acceptors (Lipinski definition) is 4. The second-order valence-electron chi connectivity index (χ2n) is 4.94. The first kappa shape index (κ1) is 13.2. The van der Waals surface area contributed by atoms with Crippen LogP contribution in [-0.2, 0) is 4.74 Å². The van der Waals surface area contributed by atoms with Crippen molar-refractivity contribution in [3.05, 3.63) is 23.8 Å². The summed E-state index contributed by atoms with van der Waals surface area (Å²) in [6.07, 6.45) is 0. The zero-order chi connectivity index (χ0) is 13.8. The van der Waals surface area contributed by atoms with Crippen molar-refractivity contribution in [2.24, 2.45) is 0 Å². The fourth-order valence-corrected chi connectivity index (χ4v) is 2.40. The topological polar surface area (TPSA) is 61.2 Å². The molecule has 2 aliphatic heterocycles. The van der Waals surface area contributed by atoms with E-state index in [1.165, 1.54) is 4.90 Å². The molecule has 2 heterocycles. The SMILES string of the molecule is O=C(NCC[NH+]1CCOCC1)c1ccc2c(c1)OCO2. The van der Waals surface area contributed by atoms with Gasteiger partial charge in [-0.05, 0) is 18.2 Å². The number of carbonyl (C=O) groups excluding carboxylic acids is 1. The molecule has 0 bridgehead atoms. The van der Waals surface area contributed by atoms with Gasteiger partial charge in [0.05, 0.1) is 26.3 Å². The highest BCUT2D eigenvalue weighted by atomic mass is 16.7. The van der Waals surface area contributed by atoms with Gasteiger partial charge < -0.3 is 24.4 Å². The maximum atomic E-state index is 12.0. The molecule has 1 amide bonds. The molecule has 0 unspecified atom stereocenters. The molecule has 0 saturated carbocycles. The molecule has 3 rings (SSSR count). The van der Waals surface area contributed by atoms with Crippen molar-refractivity contribution in [2.45, 2.75) is 0 Å². The fourth-order valence-electron chi connectivity index (χ4n) is 2.40. The zero-order valence-electron chi connectivity index (χ0n) is 11.3. The van der Waals surface area contributed by atoms with E-state index in [1.54, 1.807) is 18.2 Å². The molecule has 0 aromatic heterocycles. The highest BCUT2D eigenvalue weighted by Gasteiger charge is 2.17. The molecule has 0 radical (unpaired) electrons. The van der Waals surface area contributed by atoms with Crippen LogP contribution in [0, 0.1) is 0 Å². The molecule has 1 aromatic rings. The largest absolute Gasteiger partial charge is 0.454 e. The van der Waals surface area contributed by atoms with Crippen LogP contribution >= 0.6 is 0 Å². The quantitative estimate of drug-likeness (QED) is 0.747. The summed E-state index contributed by atoms with van der Waals surface area (Å²) in [6, 6.07) is 5.24. The van der Waals surface area contributed by atoms with E-state index in [1.807, 2.05) is 0 Å². The van der Waals surface area contributed by atoms with Crippen LogP contribution in [0.5, 0.6) is 11.5 Å². The van der Waals surface area contributed by atoms with Crippen LogP contribution in [0.4, 0.5) is 0 Å². The Kier molecular flexibility index (Phi) is 4.03. The normalized spacial score (nSPS) is 18.0. The minimum atomic E-state index is -0.0732. The Hall–Kier alpha value is -1.79. The van der Waals surface area contributed by atoms with Gasteiger partial charge in [-0.15, -0.1) is 0 Å². The molecule has 0 atom stereocenters. The van der Waals surface area contributed by atoms with Gasteiger partial charge in [-0.2, -0.15) is 0 Å². The standard InChI is InChI=1S/C14H18N2O4/c17-14(15-3-4-16-5-7-18-8-6-16)11-1-2-12-13(9-11)20-10-19-12/h1-2,9H,3-8,10H2,(H,15,17)/p+1. The van der Waals surface area contributed by atoms with E-state index in [2.05, 4.69) is 5.32 Å². The summed E-state index contributed by atoms with van der Waals surface area (Å²) in [5.74, 6) is 1.26. The Morgan fingerprint density at radius 2 is 2.00 bits per heavy atom. The van der Waals surface area contributed by atoms with E-state index in [0.29, 0.717) is 23.6 Å². The van der Waals surface area contributed by atoms with Gasteiger partial charge in [0, 0.05) is 5.56 Å². The summed E-state index contributed by atoms with van der Waals surface area (Å²) in [7, 11) is 0. The zero-order valence-corrected chi connectivity index (χ0v) is 11.3. The number of rotatable bonds is 4. The second-order valence-corrected chi connectivity index (χ2v) is 4.94. The van der Waals surface area contributed by atoms with Crippen LogP contribution in [0.25, 0.3) is 0 Å². The van der Waals surface area contributed by atoms with E-state index in [9.17, 15) is 4.79 Å². The first-order valence-electron chi connectivity index (χ1n) is 6.92. The van der Waals surface area contributed by atoms with E-state index >= 15 is 0 Å². The molecular weight excluding hydrogens is 260 g/mol. The van der Waals surface area contributed by atoms with Crippen molar-refractivity contribution in [3.63, 3.8) is 0 Å². The summed E-state index contributed by atoms with van der Waals surface area (Å²) >= 11 is 0. The lowest BCUT2D eigenvalue weighted by molar-refractivity contribution is -0.906. The van der Waals surface area contributed by atoms with Gasteiger partial charge >= 0.3 is 0 Å². The minimum Gasteiger partial charge on any atom is -0.454 e. The molecule has 0 aliphatic carbocycles. The average molecular weight is 279 g/mol. The molecule has 1 saturated heterocycles. The van der Waals surface area contributed by atoms with E-state index in [-0.39, 0.29) is 12.7 Å². The molecule has 6 heteroatoms. The highest BCUT2D eigenvalue weighted by molar-refractivity contribution is 5.94. The number of fused-ring (bicyclic) bond motifs is 1. The number of ether oxygens (including phenoxy) is 3. The number of hydrogen-bond donors (Lipinski definition) is 2. The summed E-state index contributed by atoms with van der Waals surface area (Å²) in [4.78, 5) is 13.5. The maximum Gasteiger partial charge on any atom is 0.251 e. The summed E-state index contributed by atoms with van der Waals surface area (Å²) in [5, 5.41) is 2.94. The highest BCUT2D eigenvalue weighted by Crippen LogP contribution is 2.32. The first-order chi connectivity index (χ1) is 9.83. The van der Waals surface area contributed by atoms with Gasteiger partial charge in [-0.1, -0.05) is 0 Å². The Balaban J connectivity index is 1.49. The predicted molar refractivity (Wildman–Crippen MR) is 71.3 cm³/mol. The summed E-state index contributed by atoms with van der Waals surface area (Å²) in [5.41, 5.74) is 0.603. The number of nitrogens with one attached hydrogen (secondary N) is 2. The molecule has 108 valence electrons. The van der Waals surface area contributed by atoms with Crippen LogP contribution in [0.15, 0.2) is 18.2 Å². The lowest BCUT2D eigenvalue weighted by Gasteiger charge is -2.23. The third kappa shape index (κ3) is 3.02. The number of amides is 1. The number of morpholine rings is 1. The fraction of sp³-hybridized carbons (Fsp3) is 0.500. The van der Waals surface area contributed by atoms with Crippen molar-refractivity contribution < 1.29 is 23.9 Å². The van der Waals surface area contributed by atoms with Crippen molar-refractivity contribution in [1.82, 2.24) is 5.32 Å². The molecule has 6 nitrogen and oxygen atoms in total. The molecule has 0 spiro atoms. The van der Waals surface area contributed by atoms with Crippen LogP contribution in [0.3, 0.4) is 0 Å². The molecule has 1 aromatic carbocycles. The third-order valence-electron chi connectivity index (χ3n) is 3.60. The molecule has 1 fully saturated rings. The van der Waals surface area contributed by atoms with Gasteiger partial charge in [-0.3, -0.25) is 4.79 Å². The van der Waals surface area contributed by atoms with Crippen molar-refractivity contribution >= 4 is 5.91 Å². The van der Waals surface area contributed by atoms with E-state index in [4.69, 9.17) is 14.2 Å². The number of benzene rings is 1. The summed E-state index contributed by atoms with van der Waals surface area (Å²) < 4.78 is 15.8. The van der Waals surface area contributed by atoms with Crippen molar-refractivity contribution in [3.8, 4) is 11.5 Å². The molecule has 2 aliphatic rings. The predicted octanol–water partition coefficient (Wildman–Crippen LogP) is -0.940. The average Bonchev–Trinajstić information content (AvgIpc) is 2.95. The van der Waals surface area contributed by atoms with Crippen LogP contribution in [0.2, 0.25) is 0 Å². The Bertz CT molecular complexity index is 486. The molecule has 20 heavy (non-hydrogen) atoms. The van der Waals surface area contributed by atoms with Crippen LogP contribution < -0.4 is 19.7 Å². The first-order valence-corrected chi connectivity index (χ1v) is 6.92. The van der Waals surface area contributed by atoms with Crippen molar-refractivity contribution in [1.29, 1.82) is 0 Å². The van der Waals surface area contributed by atoms with Gasteiger partial charge in [0.1, 0.15) is 13.1 Å².